The zero-order valence-electron chi connectivity index (χ0n) is 14.5. The van der Waals surface area contributed by atoms with Crippen molar-refractivity contribution in [3.63, 3.8) is 0 Å². The molecule has 2 aromatic heterocycles. The number of H-pyrrole nitrogens is 1. The number of likely N-dealkylation sites (N-methyl/N-ethyl adjacent to an activating group) is 1. The van der Waals surface area contributed by atoms with Gasteiger partial charge in [0.05, 0.1) is 12.2 Å². The molecule has 1 N–H and O–H groups in total. The van der Waals surface area contributed by atoms with Gasteiger partial charge in [-0.3, -0.25) is 9.78 Å². The molecule has 0 unspecified atom stereocenters. The molecule has 2 aromatic rings. The number of hydrogen-bond donors (Lipinski definition) is 1. The number of rotatable bonds is 6. The Morgan fingerprint density at radius 1 is 1.29 bits per heavy atom. The number of carbonyl (C=O) groups is 2. The Hall–Kier alpha value is -2.63. The van der Waals surface area contributed by atoms with Crippen molar-refractivity contribution >= 4 is 11.9 Å². The van der Waals surface area contributed by atoms with Gasteiger partial charge in [-0.2, -0.15) is 0 Å². The number of ether oxygens (including phenoxy) is 1. The first-order valence-electron chi connectivity index (χ1n) is 7.97. The molecule has 128 valence electrons. The van der Waals surface area contributed by atoms with E-state index in [1.54, 1.807) is 38.9 Å². The van der Waals surface area contributed by atoms with E-state index >= 15 is 0 Å². The average Bonchev–Trinajstić information content (AvgIpc) is 2.87. The number of nitrogens with zero attached hydrogens (tertiary/aromatic N) is 2. The van der Waals surface area contributed by atoms with E-state index in [2.05, 4.69) is 9.97 Å². The molecule has 6 heteroatoms. The average molecular weight is 329 g/mol. The lowest BCUT2D eigenvalue weighted by Gasteiger charge is -2.16. The summed E-state index contributed by atoms with van der Waals surface area (Å²) in [6, 6.07) is 5.72. The van der Waals surface area contributed by atoms with Crippen molar-refractivity contribution in [3.05, 3.63) is 52.6 Å². The maximum absolute atomic E-state index is 12.7. The van der Waals surface area contributed by atoms with Gasteiger partial charge in [-0.25, -0.2) is 4.79 Å². The first-order chi connectivity index (χ1) is 11.5. The Bertz CT molecular complexity index is 723. The van der Waals surface area contributed by atoms with E-state index in [4.69, 9.17) is 4.74 Å². The van der Waals surface area contributed by atoms with Gasteiger partial charge in [0.1, 0.15) is 5.69 Å². The topological polar surface area (TPSA) is 75.3 Å². The summed E-state index contributed by atoms with van der Waals surface area (Å²) in [5.41, 5.74) is 3.08. The van der Waals surface area contributed by atoms with Crippen molar-refractivity contribution in [2.45, 2.75) is 27.2 Å². The highest BCUT2D eigenvalue weighted by Crippen LogP contribution is 2.20. The molecule has 0 spiro atoms. The summed E-state index contributed by atoms with van der Waals surface area (Å²) in [6.45, 7) is 6.13. The smallest absolute Gasteiger partial charge is 0.340 e. The standard InChI is InChI=1S/C18H23N3O3/c1-5-24-18(23)15-12(2)16(20-13(15)3)17(22)21(4)11-9-14-8-6-7-10-19-14/h6-8,10,20H,5,9,11H2,1-4H3. The fraction of sp³-hybridized carbons (Fsp3) is 0.389. The minimum absolute atomic E-state index is 0.151. The second kappa shape index (κ2) is 7.77. The Balaban J connectivity index is 2.11. The Morgan fingerprint density at radius 3 is 2.67 bits per heavy atom. The molecule has 0 bridgehead atoms. The first-order valence-corrected chi connectivity index (χ1v) is 7.97. The number of aryl methyl sites for hydroxylation is 1. The SMILES string of the molecule is CCOC(=O)c1c(C)[nH]c(C(=O)N(C)CCc2ccccn2)c1C. The van der Waals surface area contributed by atoms with Gasteiger partial charge in [-0.15, -0.1) is 0 Å². The monoisotopic (exact) mass is 329 g/mol. The molecule has 2 heterocycles. The van der Waals surface area contributed by atoms with Gasteiger partial charge in [0, 0.05) is 37.6 Å². The number of carbonyl (C=O) groups excluding carboxylic acids is 2. The normalized spacial score (nSPS) is 10.5. The Kier molecular flexibility index (Phi) is 5.73. The van der Waals surface area contributed by atoms with E-state index in [1.807, 2.05) is 18.2 Å². The van der Waals surface area contributed by atoms with Crippen LogP contribution < -0.4 is 0 Å². The van der Waals surface area contributed by atoms with Gasteiger partial charge in [0.15, 0.2) is 0 Å². The fourth-order valence-corrected chi connectivity index (χ4v) is 2.59. The van der Waals surface area contributed by atoms with Crippen molar-refractivity contribution in [1.29, 1.82) is 0 Å². The van der Waals surface area contributed by atoms with Crippen LogP contribution in [0.2, 0.25) is 0 Å². The second-order valence-corrected chi connectivity index (χ2v) is 5.64. The largest absolute Gasteiger partial charge is 0.462 e. The summed E-state index contributed by atoms with van der Waals surface area (Å²) in [5, 5.41) is 0. The summed E-state index contributed by atoms with van der Waals surface area (Å²) >= 11 is 0. The summed E-state index contributed by atoms with van der Waals surface area (Å²) in [5.74, 6) is -0.555. The van der Waals surface area contributed by atoms with Crippen molar-refractivity contribution < 1.29 is 14.3 Å². The number of esters is 1. The van der Waals surface area contributed by atoms with Crippen LogP contribution in [0.4, 0.5) is 0 Å². The summed E-state index contributed by atoms with van der Waals surface area (Å²) in [4.78, 5) is 33.6. The lowest BCUT2D eigenvalue weighted by molar-refractivity contribution is 0.0525. The molecular weight excluding hydrogens is 306 g/mol. The van der Waals surface area contributed by atoms with Crippen molar-refractivity contribution in [3.8, 4) is 0 Å². The van der Waals surface area contributed by atoms with Crippen LogP contribution >= 0.6 is 0 Å². The molecule has 0 saturated heterocycles. The van der Waals surface area contributed by atoms with Gasteiger partial charge in [0.25, 0.3) is 5.91 Å². The van der Waals surface area contributed by atoms with Crippen molar-refractivity contribution in [2.75, 3.05) is 20.2 Å². The molecule has 0 saturated carbocycles. The van der Waals surface area contributed by atoms with Gasteiger partial charge >= 0.3 is 5.97 Å². The second-order valence-electron chi connectivity index (χ2n) is 5.64. The van der Waals surface area contributed by atoms with Crippen molar-refractivity contribution in [1.82, 2.24) is 14.9 Å². The lowest BCUT2D eigenvalue weighted by Crippen LogP contribution is -2.29. The minimum atomic E-state index is -0.404. The lowest BCUT2D eigenvalue weighted by atomic mass is 10.1. The highest BCUT2D eigenvalue weighted by molar-refractivity contribution is 6.00. The number of amides is 1. The maximum Gasteiger partial charge on any atom is 0.340 e. The summed E-state index contributed by atoms with van der Waals surface area (Å²) in [6.07, 6.45) is 2.41. The van der Waals surface area contributed by atoms with E-state index in [-0.39, 0.29) is 5.91 Å². The van der Waals surface area contributed by atoms with Gasteiger partial charge in [-0.1, -0.05) is 6.07 Å². The highest BCUT2D eigenvalue weighted by atomic mass is 16.5. The molecule has 1 amide bonds. The Morgan fingerprint density at radius 2 is 2.04 bits per heavy atom. The highest BCUT2D eigenvalue weighted by Gasteiger charge is 2.24. The van der Waals surface area contributed by atoms with E-state index in [0.717, 1.165) is 5.69 Å². The number of nitrogens with one attached hydrogen (secondary N) is 1. The Labute approximate surface area is 141 Å². The molecule has 24 heavy (non-hydrogen) atoms. The van der Waals surface area contributed by atoms with Gasteiger partial charge in [0.2, 0.25) is 0 Å². The van der Waals surface area contributed by atoms with Crippen LogP contribution in [-0.4, -0.2) is 46.9 Å². The van der Waals surface area contributed by atoms with E-state index in [9.17, 15) is 9.59 Å². The molecule has 0 aliphatic rings. The van der Waals surface area contributed by atoms with Crippen LogP contribution in [0.25, 0.3) is 0 Å². The van der Waals surface area contributed by atoms with Crippen LogP contribution in [0.5, 0.6) is 0 Å². The number of hydrogen-bond acceptors (Lipinski definition) is 4. The van der Waals surface area contributed by atoms with E-state index in [1.165, 1.54) is 0 Å². The van der Waals surface area contributed by atoms with Crippen LogP contribution in [0, 0.1) is 13.8 Å². The van der Waals surface area contributed by atoms with Crippen LogP contribution in [0.1, 0.15) is 44.7 Å². The molecule has 0 aliphatic carbocycles. The molecule has 0 atom stereocenters. The maximum atomic E-state index is 12.7. The van der Waals surface area contributed by atoms with Crippen molar-refractivity contribution in [2.24, 2.45) is 0 Å². The molecule has 0 fully saturated rings. The zero-order chi connectivity index (χ0) is 17.7. The van der Waals surface area contributed by atoms with E-state index in [0.29, 0.717) is 42.1 Å². The van der Waals surface area contributed by atoms with E-state index < -0.39 is 5.97 Å². The van der Waals surface area contributed by atoms with Crippen LogP contribution in [0.15, 0.2) is 24.4 Å². The third-order valence-electron chi connectivity index (χ3n) is 3.91. The summed E-state index contributed by atoms with van der Waals surface area (Å²) < 4.78 is 5.06. The molecule has 0 aromatic carbocycles. The predicted molar refractivity (Wildman–Crippen MR) is 91.1 cm³/mol. The molecule has 2 rings (SSSR count). The van der Waals surface area contributed by atoms with Crippen LogP contribution in [-0.2, 0) is 11.2 Å². The number of pyridine rings is 1. The number of aromatic amines is 1. The van der Waals surface area contributed by atoms with Crippen LogP contribution in [0.3, 0.4) is 0 Å². The molecular formula is C18H23N3O3. The molecule has 6 nitrogen and oxygen atoms in total. The van der Waals surface area contributed by atoms with Gasteiger partial charge in [-0.05, 0) is 38.5 Å². The zero-order valence-corrected chi connectivity index (χ0v) is 14.5. The summed E-state index contributed by atoms with van der Waals surface area (Å²) in [7, 11) is 1.74. The fourth-order valence-electron chi connectivity index (χ4n) is 2.59. The van der Waals surface area contributed by atoms with Gasteiger partial charge < -0.3 is 14.6 Å². The first kappa shape index (κ1) is 17.7. The predicted octanol–water partition coefficient (Wildman–Crippen LogP) is 2.52. The third kappa shape index (κ3) is 3.82. The minimum Gasteiger partial charge on any atom is -0.462 e. The molecule has 0 radical (unpaired) electrons. The third-order valence-corrected chi connectivity index (χ3v) is 3.91. The quantitative estimate of drug-likeness (QED) is 0.826. The number of aromatic nitrogens is 2. The molecule has 0 aliphatic heterocycles.